The van der Waals surface area contributed by atoms with Crippen molar-refractivity contribution in [3.8, 4) is 16.9 Å². The first-order valence-electron chi connectivity index (χ1n) is 15.6. The number of halogens is 3. The van der Waals surface area contributed by atoms with Crippen molar-refractivity contribution in [2.45, 2.75) is 58.9 Å². The second kappa shape index (κ2) is 13.6. The largest absolute Gasteiger partial charge is 0.462 e. The number of carbonyl (C=O) groups is 2. The van der Waals surface area contributed by atoms with Gasteiger partial charge in [-0.05, 0) is 89.6 Å². The number of hydrogen-bond acceptors (Lipinski definition) is 8. The highest BCUT2D eigenvalue weighted by Gasteiger charge is 2.37. The third kappa shape index (κ3) is 8.79. The molecule has 49 heavy (non-hydrogen) atoms. The Labute approximate surface area is 282 Å². The maximum absolute atomic E-state index is 13.8. The minimum Gasteiger partial charge on any atom is -0.462 e. The van der Waals surface area contributed by atoms with E-state index in [0.717, 1.165) is 22.0 Å². The number of anilines is 2. The lowest BCUT2D eigenvalue weighted by atomic mass is 10.1. The van der Waals surface area contributed by atoms with E-state index in [0.29, 0.717) is 17.7 Å². The van der Waals surface area contributed by atoms with Gasteiger partial charge in [-0.2, -0.15) is 18.3 Å². The molecule has 1 atom stereocenters. The van der Waals surface area contributed by atoms with Crippen LogP contribution in [0.15, 0.2) is 72.8 Å². The van der Waals surface area contributed by atoms with E-state index in [1.165, 1.54) is 18.2 Å². The molecule has 14 heteroatoms. The molecule has 0 spiro atoms. The molecule has 1 aliphatic rings. The van der Waals surface area contributed by atoms with E-state index in [4.69, 9.17) is 9.47 Å². The fraction of sp³-hybridized carbons (Fsp3) is 0.343. The van der Waals surface area contributed by atoms with Gasteiger partial charge in [-0.15, -0.1) is 0 Å². The molecule has 0 saturated carbocycles. The van der Waals surface area contributed by atoms with E-state index in [1.54, 1.807) is 76.2 Å². The molecule has 1 saturated heterocycles. The zero-order chi connectivity index (χ0) is 35.7. The first-order valence-corrected chi connectivity index (χ1v) is 17.3. The van der Waals surface area contributed by atoms with Gasteiger partial charge in [-0.25, -0.2) is 22.7 Å². The average molecular weight is 699 g/mol. The zero-order valence-electron chi connectivity index (χ0n) is 27.7. The number of sulfonamides is 1. The molecule has 260 valence electrons. The van der Waals surface area contributed by atoms with Crippen LogP contribution in [0.5, 0.6) is 0 Å². The molecule has 5 rings (SSSR count). The first kappa shape index (κ1) is 35.5. The fourth-order valence-corrected chi connectivity index (χ4v) is 6.36. The summed E-state index contributed by atoms with van der Waals surface area (Å²) in [5.74, 6) is -1.56. The van der Waals surface area contributed by atoms with Crippen LogP contribution in [0.3, 0.4) is 0 Å². The third-order valence-corrected chi connectivity index (χ3v) is 8.93. The molecule has 0 aliphatic carbocycles. The summed E-state index contributed by atoms with van der Waals surface area (Å²) in [7, 11) is -3.98. The van der Waals surface area contributed by atoms with Crippen molar-refractivity contribution in [2.75, 3.05) is 28.5 Å². The molecule has 2 heterocycles. The van der Waals surface area contributed by atoms with Crippen LogP contribution in [0.2, 0.25) is 0 Å². The Balaban J connectivity index is 1.39. The quantitative estimate of drug-likeness (QED) is 0.131. The van der Waals surface area contributed by atoms with Crippen LogP contribution < -0.4 is 9.62 Å². The molecular weight excluding hydrogens is 661 g/mol. The summed E-state index contributed by atoms with van der Waals surface area (Å²) in [6.07, 6.45) is -4.46. The lowest BCUT2D eigenvalue weighted by Crippen LogP contribution is -2.26. The van der Waals surface area contributed by atoms with Crippen LogP contribution in [-0.4, -0.2) is 60.7 Å². The van der Waals surface area contributed by atoms with E-state index >= 15 is 0 Å². The predicted octanol–water partition coefficient (Wildman–Crippen LogP) is 7.02. The summed E-state index contributed by atoms with van der Waals surface area (Å²) < 4.78 is 82.0. The van der Waals surface area contributed by atoms with Crippen LogP contribution in [0.1, 0.15) is 66.1 Å². The summed E-state index contributed by atoms with van der Waals surface area (Å²) >= 11 is 0. The van der Waals surface area contributed by atoms with Crippen molar-refractivity contribution in [2.24, 2.45) is 0 Å². The van der Waals surface area contributed by atoms with Gasteiger partial charge in [0.1, 0.15) is 5.60 Å². The number of nitrogens with zero attached hydrogens (tertiary/aromatic N) is 3. The van der Waals surface area contributed by atoms with E-state index < -0.39 is 39.4 Å². The van der Waals surface area contributed by atoms with Crippen LogP contribution in [0.25, 0.3) is 16.9 Å². The minimum absolute atomic E-state index is 0.0550. The highest BCUT2D eigenvalue weighted by molar-refractivity contribution is 7.92. The smallest absolute Gasteiger partial charge is 0.435 e. The number of aromatic nitrogens is 2. The van der Waals surface area contributed by atoms with Crippen molar-refractivity contribution in [3.05, 3.63) is 95.2 Å². The molecule has 1 aromatic heterocycles. The molecule has 4 aromatic rings. The lowest BCUT2D eigenvalue weighted by molar-refractivity contribution is -0.141. The van der Waals surface area contributed by atoms with Crippen LogP contribution in [-0.2, 0) is 25.7 Å². The topological polar surface area (TPSA) is 120 Å². The highest BCUT2D eigenvalue weighted by atomic mass is 32.2. The van der Waals surface area contributed by atoms with Crippen molar-refractivity contribution in [1.29, 1.82) is 0 Å². The van der Waals surface area contributed by atoms with Crippen molar-refractivity contribution < 1.29 is 40.7 Å². The first-order chi connectivity index (χ1) is 22.9. The molecule has 10 nitrogen and oxygen atoms in total. The Kier molecular flexibility index (Phi) is 9.82. The van der Waals surface area contributed by atoms with E-state index in [1.807, 2.05) is 11.8 Å². The molecule has 3 aromatic carbocycles. The Hall–Kier alpha value is -4.85. The monoisotopic (exact) mass is 698 g/mol. The molecule has 1 unspecified atom stereocenters. The number of ether oxygens (including phenoxy) is 2. The number of rotatable bonds is 11. The van der Waals surface area contributed by atoms with Gasteiger partial charge in [0.15, 0.2) is 5.69 Å². The van der Waals surface area contributed by atoms with E-state index in [9.17, 15) is 31.2 Å². The second-order valence-corrected chi connectivity index (χ2v) is 14.5. The molecule has 0 bridgehead atoms. The predicted molar refractivity (Wildman–Crippen MR) is 179 cm³/mol. The molecule has 1 aliphatic heterocycles. The van der Waals surface area contributed by atoms with Crippen molar-refractivity contribution in [1.82, 2.24) is 9.78 Å². The number of alkyl halides is 3. The number of esters is 2. The van der Waals surface area contributed by atoms with E-state index in [2.05, 4.69) is 9.82 Å². The van der Waals surface area contributed by atoms with Crippen molar-refractivity contribution >= 4 is 33.3 Å². The molecule has 1 fully saturated rings. The second-order valence-electron chi connectivity index (χ2n) is 12.7. The van der Waals surface area contributed by atoms with Gasteiger partial charge in [0.25, 0.3) is 0 Å². The van der Waals surface area contributed by atoms with Crippen LogP contribution >= 0.6 is 0 Å². The SMILES string of the molecule is CCOC(=O)c1ccc(N2CC2CCS(=O)(=O)Nc2ccc(-n3nc(C(F)(F)F)cc3-c3ccc(C)cc3)cc2C(=O)OC(C)(C)C)cc1. The Morgan fingerprint density at radius 1 is 0.939 bits per heavy atom. The number of benzene rings is 3. The van der Waals surface area contributed by atoms with Crippen LogP contribution in [0, 0.1) is 6.92 Å². The maximum Gasteiger partial charge on any atom is 0.435 e. The molecular formula is C35H37F3N4O6S. The third-order valence-electron chi connectivity index (χ3n) is 7.62. The van der Waals surface area contributed by atoms with Gasteiger partial charge in [0.2, 0.25) is 10.0 Å². The van der Waals surface area contributed by atoms with Gasteiger partial charge in [0.05, 0.1) is 40.6 Å². The van der Waals surface area contributed by atoms with Gasteiger partial charge in [0, 0.05) is 23.8 Å². The number of carbonyl (C=O) groups excluding carboxylic acids is 2. The van der Waals surface area contributed by atoms with Crippen LogP contribution in [0.4, 0.5) is 24.5 Å². The standard InChI is InChI=1S/C35H37F3N4O6S/c1-6-47-32(43)24-11-13-25(14-12-24)41-21-27(41)17-18-49(45,46)40-29-16-15-26(19-28(29)33(44)48-34(3,4)5)42-30(20-31(39-42)35(36,37)38)23-9-7-22(2)8-10-23/h7-16,19-20,27,40H,6,17-18,21H2,1-5H3. The highest BCUT2D eigenvalue weighted by Crippen LogP contribution is 2.35. The van der Waals surface area contributed by atoms with Gasteiger partial charge in [-0.1, -0.05) is 29.8 Å². The van der Waals surface area contributed by atoms with E-state index in [-0.39, 0.29) is 47.5 Å². The Morgan fingerprint density at radius 3 is 2.20 bits per heavy atom. The molecule has 0 radical (unpaired) electrons. The summed E-state index contributed by atoms with van der Waals surface area (Å²) in [6, 6.07) is 18.5. The summed E-state index contributed by atoms with van der Waals surface area (Å²) in [5, 5.41) is 3.81. The lowest BCUT2D eigenvalue weighted by Gasteiger charge is -2.21. The Morgan fingerprint density at radius 2 is 1.59 bits per heavy atom. The maximum atomic E-state index is 13.8. The Bertz CT molecular complexity index is 1950. The number of aryl methyl sites for hydroxylation is 1. The van der Waals surface area contributed by atoms with Gasteiger partial charge in [-0.3, -0.25) is 4.72 Å². The number of hydrogen-bond donors (Lipinski definition) is 1. The van der Waals surface area contributed by atoms with Gasteiger partial charge >= 0.3 is 18.1 Å². The zero-order valence-corrected chi connectivity index (χ0v) is 28.5. The summed E-state index contributed by atoms with van der Waals surface area (Å²) in [5.41, 5.74) is 0.495. The normalized spacial score (nSPS) is 14.8. The van der Waals surface area contributed by atoms with Gasteiger partial charge < -0.3 is 14.4 Å². The summed E-state index contributed by atoms with van der Waals surface area (Å²) in [6.45, 7) is 9.39. The summed E-state index contributed by atoms with van der Waals surface area (Å²) in [4.78, 5) is 27.3. The number of nitrogens with one attached hydrogen (secondary N) is 1. The minimum atomic E-state index is -4.74. The average Bonchev–Trinajstić information content (AvgIpc) is 3.66. The fourth-order valence-electron chi connectivity index (χ4n) is 5.16. The van der Waals surface area contributed by atoms with Crippen molar-refractivity contribution in [3.63, 3.8) is 0 Å². The molecule has 0 amide bonds. The molecule has 1 N–H and O–H groups in total.